The summed E-state index contributed by atoms with van der Waals surface area (Å²) in [6, 6.07) is 9.64. The maximum absolute atomic E-state index is 9.94. The molecule has 0 spiro atoms. The third-order valence-corrected chi connectivity index (χ3v) is 1.47. The van der Waals surface area contributed by atoms with Crippen molar-refractivity contribution in [2.75, 3.05) is 7.05 Å². The van der Waals surface area contributed by atoms with E-state index in [1.54, 1.807) is 7.05 Å². The molecule has 0 aromatic heterocycles. The van der Waals surface area contributed by atoms with Crippen molar-refractivity contribution in [2.45, 2.75) is 26.8 Å². The van der Waals surface area contributed by atoms with Crippen LogP contribution in [0.4, 0.5) is 0 Å². The van der Waals surface area contributed by atoms with E-state index in [0.717, 1.165) is 5.56 Å². The van der Waals surface area contributed by atoms with E-state index in [1.165, 1.54) is 0 Å². The van der Waals surface area contributed by atoms with Gasteiger partial charge in [0.05, 0.1) is 14.5 Å². The molecule has 0 bridgehead atoms. The van der Waals surface area contributed by atoms with Crippen LogP contribution in [-0.2, 0) is 11.4 Å². The molecule has 0 aliphatic heterocycles. The maximum atomic E-state index is 9.94. The fraction of sp³-hybridized carbons (Fsp3) is 0.417. The van der Waals surface area contributed by atoms with Crippen molar-refractivity contribution in [2.24, 2.45) is 0 Å². The monoisotopic (exact) mass is 222 g/mol. The quantitative estimate of drug-likeness (QED) is 0.762. The molecule has 1 rings (SSSR count). The predicted octanol–water partition coefficient (Wildman–Crippen LogP) is 1.52. The summed E-state index contributed by atoms with van der Waals surface area (Å²) in [5.74, 6) is -0.130. The zero-order chi connectivity index (χ0) is 13.5. The summed E-state index contributed by atoms with van der Waals surface area (Å²) in [5, 5.41) is 6.53. The Kier molecular flexibility index (Phi) is 12.6. The van der Waals surface area contributed by atoms with Gasteiger partial charge in [0.2, 0.25) is 7.34 Å². The minimum atomic E-state index is -0.130. The molecule has 0 heterocycles. The zero-order valence-electron chi connectivity index (χ0n) is 11.2. The molecule has 2 radical (unpaired) electrons. The Balaban J connectivity index is 0. The molecule has 1 amide bonds. The van der Waals surface area contributed by atoms with Crippen molar-refractivity contribution in [3.63, 3.8) is 0 Å². The van der Waals surface area contributed by atoms with Gasteiger partial charge >= 0.3 is 0 Å². The minimum absolute atomic E-state index is 0.0799. The average molecular weight is 222 g/mol. The van der Waals surface area contributed by atoms with Crippen LogP contribution < -0.4 is 5.32 Å². The van der Waals surface area contributed by atoms with Crippen LogP contribution >= 0.6 is 0 Å². The van der Waals surface area contributed by atoms with E-state index in [4.69, 9.17) is 9.28 Å². The molecule has 0 saturated carbocycles. The van der Waals surface area contributed by atoms with E-state index in [2.05, 4.69) is 10.4 Å². The first kappa shape index (κ1) is 14.7. The number of benzene rings is 1. The normalized spacial score (nSPS) is 8.56. The van der Waals surface area contributed by atoms with Crippen LogP contribution in [0.2, 0.25) is 6.32 Å². The molecule has 1 aromatic rings. The third kappa shape index (κ3) is 10.8. The second-order valence-electron chi connectivity index (χ2n) is 2.51. The van der Waals surface area contributed by atoms with Crippen LogP contribution in [0.1, 0.15) is 19.4 Å². The Labute approximate surface area is 101 Å². The first-order valence-corrected chi connectivity index (χ1v) is 5.27. The van der Waals surface area contributed by atoms with Crippen molar-refractivity contribution in [3.8, 4) is 0 Å². The van der Waals surface area contributed by atoms with Gasteiger partial charge in [0, 0.05) is 7.05 Å². The Bertz CT molecular complexity index is 264. The van der Waals surface area contributed by atoms with Gasteiger partial charge in [-0.25, -0.2) is 0 Å². The fourth-order valence-corrected chi connectivity index (χ4v) is 0.676. The number of rotatable bonds is 3. The van der Waals surface area contributed by atoms with Crippen molar-refractivity contribution >= 4 is 13.8 Å². The molecule has 0 atom stereocenters. The highest BCUT2D eigenvalue weighted by atomic mass is 16.3. The van der Waals surface area contributed by atoms with E-state index < -0.39 is 0 Å². The molecule has 16 heavy (non-hydrogen) atoms. The molecule has 0 aliphatic rings. The van der Waals surface area contributed by atoms with Gasteiger partial charge in [0.15, 0.2) is 0 Å². The third-order valence-electron chi connectivity index (χ3n) is 1.47. The van der Waals surface area contributed by atoms with Gasteiger partial charge in [-0.05, 0) is 11.9 Å². The molecular formula is C12H20BNO2. The van der Waals surface area contributed by atoms with Gasteiger partial charge in [-0.15, -0.1) is 0 Å². The largest absolute Gasteiger partial charge is 0.392 e. The van der Waals surface area contributed by atoms with Crippen LogP contribution in [0.3, 0.4) is 0 Å². The second-order valence-corrected chi connectivity index (χ2v) is 2.51. The molecule has 0 aliphatic carbocycles. The topological polar surface area (TPSA) is 49.3 Å². The summed E-state index contributed by atoms with van der Waals surface area (Å²) in [4.78, 5) is 9.94. The second kappa shape index (κ2) is 13.7. The van der Waals surface area contributed by atoms with Crippen molar-refractivity contribution in [1.82, 2.24) is 5.32 Å². The number of carbonyl (C=O) groups is 1. The highest BCUT2D eigenvalue weighted by molar-refractivity contribution is 6.19. The molecule has 1 aromatic carbocycles. The van der Waals surface area contributed by atoms with E-state index >= 15 is 0 Å². The van der Waals surface area contributed by atoms with Gasteiger partial charge in [0.25, 0.3) is 0 Å². The van der Waals surface area contributed by atoms with Gasteiger partial charge in [0.1, 0.15) is 0 Å². The highest BCUT2D eigenvalue weighted by Gasteiger charge is 1.84. The molecule has 4 heteroatoms. The van der Waals surface area contributed by atoms with E-state index in [0.29, 0.717) is 6.61 Å². The van der Waals surface area contributed by atoms with Gasteiger partial charge in [-0.1, -0.05) is 44.2 Å². The van der Waals surface area contributed by atoms with Gasteiger partial charge in [-0.3, -0.25) is 4.79 Å². The van der Waals surface area contributed by atoms with Gasteiger partial charge < -0.3 is 10.4 Å². The molecule has 3 nitrogen and oxygen atoms in total. The van der Waals surface area contributed by atoms with Crippen LogP contribution in [-0.4, -0.2) is 27.3 Å². The van der Waals surface area contributed by atoms with Crippen LogP contribution in [0.25, 0.3) is 0 Å². The molecule has 2 N–H and O–H groups in total. The number of hydrogen-bond acceptors (Lipinski definition) is 2. The fourth-order valence-electron chi connectivity index (χ4n) is 0.676. The number of amides is 1. The Morgan fingerprint density at radius 3 is 2.31 bits per heavy atom. The number of aliphatic hydroxyl groups is 1. The summed E-state index contributed by atoms with van der Waals surface area (Å²) in [7, 11) is 6.42. The van der Waals surface area contributed by atoms with E-state index in [1.807, 2.05) is 44.2 Å². The number of carbonyl (C=O) groups excluding carboxylic acids is 1. The van der Waals surface area contributed by atoms with Crippen molar-refractivity contribution in [3.05, 3.63) is 35.9 Å². The highest BCUT2D eigenvalue weighted by Crippen LogP contribution is 1.95. The predicted molar refractivity (Wildman–Crippen MR) is 68.3 cm³/mol. The molecule has 0 saturated heterocycles. The summed E-state index contributed by atoms with van der Waals surface area (Å²) in [5.41, 5.74) is 1.03. The lowest BCUT2D eigenvalue weighted by molar-refractivity contribution is -0.118. The minimum Gasteiger partial charge on any atom is -0.392 e. The summed E-state index contributed by atoms with van der Waals surface area (Å²) in [6.45, 7) is 4.38. The Hall–Kier alpha value is -1.29. The summed E-state index contributed by atoms with van der Waals surface area (Å²) in [6.07, 6.45) is 0.0799. The molecule has 0 unspecified atom stereocenters. The summed E-state index contributed by atoms with van der Waals surface area (Å²) >= 11 is 0. The molecular weight excluding hydrogens is 201 g/mol. The average Bonchev–Trinajstić information content (AvgIpc) is 2.42. The summed E-state index contributed by atoms with van der Waals surface area (Å²) < 4.78 is 6.44. The lowest BCUT2D eigenvalue weighted by atomic mass is 10.1. The van der Waals surface area contributed by atoms with Crippen molar-refractivity contribution < 1.29 is 9.90 Å². The first-order chi connectivity index (χ1) is 8.24. The Morgan fingerprint density at radius 2 is 2.00 bits per heavy atom. The van der Waals surface area contributed by atoms with E-state index in [9.17, 15) is 4.79 Å². The van der Waals surface area contributed by atoms with Crippen LogP contribution in [0.5, 0.6) is 0 Å². The maximum Gasteiger partial charge on any atom is 0.211 e. The molecule has 88 valence electrons. The first-order valence-electron chi connectivity index (χ1n) is 5.68. The molecule has 0 fully saturated rings. The SMILES string of the molecule is CC.[2H]OCc1ccccc1.[B]CC(=O)NC. The number of hydrogen-bond donors (Lipinski definition) is 2. The van der Waals surface area contributed by atoms with Crippen LogP contribution in [0.15, 0.2) is 30.3 Å². The van der Waals surface area contributed by atoms with E-state index in [-0.39, 0.29) is 12.2 Å². The lowest BCUT2D eigenvalue weighted by Crippen LogP contribution is -2.15. The number of aliphatic hydroxyl groups excluding tert-OH is 1. The van der Waals surface area contributed by atoms with Crippen LogP contribution in [0, 0.1) is 0 Å². The Morgan fingerprint density at radius 1 is 1.44 bits per heavy atom. The smallest absolute Gasteiger partial charge is 0.211 e. The van der Waals surface area contributed by atoms with Gasteiger partial charge in [-0.2, -0.15) is 0 Å². The number of nitrogens with one attached hydrogen (secondary N) is 1. The zero-order valence-corrected chi connectivity index (χ0v) is 10.2. The standard InChI is InChI=1S/C7H8O.C3H6BNO.C2H6/c8-6-7-4-2-1-3-5-7;1-5-3(6)2-4;1-2/h1-5,8H,6H2;2H2,1H3,(H,5,6);1-2H3/i8D;;. The lowest BCUT2D eigenvalue weighted by Gasteiger charge is -1.89. The van der Waals surface area contributed by atoms with Crippen molar-refractivity contribution in [1.29, 1.82) is 1.43 Å².